The van der Waals surface area contributed by atoms with Gasteiger partial charge < -0.3 is 0 Å². The number of hydrogen-bond donors (Lipinski definition) is 0. The maximum absolute atomic E-state index is 12.8. The van der Waals surface area contributed by atoms with Crippen molar-refractivity contribution in [3.63, 3.8) is 0 Å². The number of benzene rings is 1. The molecular formula is C16H11F3N4OS2. The van der Waals surface area contributed by atoms with Crippen LogP contribution in [-0.2, 0) is 19.0 Å². The molecule has 0 saturated carbocycles. The molecule has 4 aromatic rings. The van der Waals surface area contributed by atoms with Crippen LogP contribution in [0.3, 0.4) is 0 Å². The number of alkyl halides is 3. The van der Waals surface area contributed by atoms with Gasteiger partial charge in [0.2, 0.25) is 5.78 Å². The second kappa shape index (κ2) is 6.13. The molecule has 3 heterocycles. The van der Waals surface area contributed by atoms with Crippen LogP contribution < -0.4 is 5.56 Å². The highest BCUT2D eigenvalue weighted by molar-refractivity contribution is 7.98. The minimum atomic E-state index is -4.37. The first kappa shape index (κ1) is 17.1. The van der Waals surface area contributed by atoms with Gasteiger partial charge in [0, 0.05) is 12.8 Å². The van der Waals surface area contributed by atoms with Crippen molar-refractivity contribution in [3.05, 3.63) is 57.2 Å². The number of aromatic nitrogens is 4. The maximum atomic E-state index is 12.8. The summed E-state index contributed by atoms with van der Waals surface area (Å²) < 4.78 is 42.3. The summed E-state index contributed by atoms with van der Waals surface area (Å²) >= 11 is 2.60. The lowest BCUT2D eigenvalue weighted by Gasteiger charge is -2.08. The molecule has 0 unspecified atom stereocenters. The van der Waals surface area contributed by atoms with Crippen LogP contribution >= 0.6 is 23.1 Å². The molecule has 26 heavy (non-hydrogen) atoms. The van der Waals surface area contributed by atoms with Crippen molar-refractivity contribution in [1.29, 1.82) is 0 Å². The Balaban J connectivity index is 1.72. The Labute approximate surface area is 153 Å². The molecule has 0 saturated heterocycles. The van der Waals surface area contributed by atoms with Gasteiger partial charge in [0.25, 0.3) is 5.56 Å². The predicted molar refractivity (Wildman–Crippen MR) is 94.6 cm³/mol. The molecule has 0 atom stereocenters. The molecule has 0 amide bonds. The molecule has 5 nitrogen and oxygen atoms in total. The number of rotatable bonds is 3. The summed E-state index contributed by atoms with van der Waals surface area (Å²) in [6.07, 6.45) is -4.37. The Hall–Kier alpha value is -2.33. The number of nitrogens with zero attached hydrogens (tertiary/aromatic N) is 4. The number of thiophene rings is 1. The van der Waals surface area contributed by atoms with Crippen LogP contribution in [0.5, 0.6) is 0 Å². The second-order valence-electron chi connectivity index (χ2n) is 5.60. The van der Waals surface area contributed by atoms with E-state index in [1.165, 1.54) is 33.7 Å². The first-order valence-electron chi connectivity index (χ1n) is 7.46. The summed E-state index contributed by atoms with van der Waals surface area (Å²) in [7, 11) is 1.62. The van der Waals surface area contributed by atoms with Gasteiger partial charge in [0.15, 0.2) is 5.16 Å². The van der Waals surface area contributed by atoms with E-state index in [1.54, 1.807) is 17.5 Å². The third kappa shape index (κ3) is 2.78. The van der Waals surface area contributed by atoms with Gasteiger partial charge >= 0.3 is 6.18 Å². The molecule has 1 aromatic carbocycles. The largest absolute Gasteiger partial charge is 0.416 e. The lowest BCUT2D eigenvalue weighted by Crippen LogP contribution is -2.18. The van der Waals surface area contributed by atoms with Crippen LogP contribution in [0.4, 0.5) is 13.2 Å². The van der Waals surface area contributed by atoms with E-state index in [4.69, 9.17) is 0 Å². The zero-order chi connectivity index (χ0) is 18.5. The minimum Gasteiger partial charge on any atom is -0.279 e. The van der Waals surface area contributed by atoms with Gasteiger partial charge in [-0.1, -0.05) is 30.0 Å². The van der Waals surface area contributed by atoms with Crippen LogP contribution in [-0.4, -0.2) is 19.2 Å². The first-order chi connectivity index (χ1) is 12.4. The standard InChI is InChI=1S/C16H11F3N4OS2/c1-22-13(24)12-11(5-6-25-12)23-14(22)20-21-15(23)26-8-9-3-2-4-10(7-9)16(17,18)19/h2-7H,8H2,1H3. The van der Waals surface area contributed by atoms with Gasteiger partial charge in [-0.25, -0.2) is 0 Å². The Morgan fingerprint density at radius 2 is 2.04 bits per heavy atom. The number of halogens is 3. The van der Waals surface area contributed by atoms with Crippen molar-refractivity contribution in [2.45, 2.75) is 17.1 Å². The van der Waals surface area contributed by atoms with Crippen LogP contribution in [0.15, 0.2) is 45.7 Å². The molecule has 0 spiro atoms. The van der Waals surface area contributed by atoms with E-state index in [0.29, 0.717) is 32.5 Å². The van der Waals surface area contributed by atoms with E-state index in [0.717, 1.165) is 12.1 Å². The summed E-state index contributed by atoms with van der Waals surface area (Å²) in [5.74, 6) is 0.701. The fourth-order valence-corrected chi connectivity index (χ4v) is 4.38. The summed E-state index contributed by atoms with van der Waals surface area (Å²) in [6, 6.07) is 7.02. The number of fused-ring (bicyclic) bond motifs is 3. The highest BCUT2D eigenvalue weighted by Gasteiger charge is 2.30. The third-order valence-corrected chi connectivity index (χ3v) is 5.81. The fourth-order valence-electron chi connectivity index (χ4n) is 2.65. The summed E-state index contributed by atoms with van der Waals surface area (Å²) in [4.78, 5) is 12.3. The van der Waals surface area contributed by atoms with Crippen molar-refractivity contribution < 1.29 is 13.2 Å². The number of hydrogen-bond acceptors (Lipinski definition) is 5. The van der Waals surface area contributed by atoms with Gasteiger partial charge in [-0.3, -0.25) is 13.8 Å². The Morgan fingerprint density at radius 3 is 2.81 bits per heavy atom. The molecule has 10 heteroatoms. The maximum Gasteiger partial charge on any atom is 0.416 e. The van der Waals surface area contributed by atoms with Crippen molar-refractivity contribution >= 4 is 39.1 Å². The van der Waals surface area contributed by atoms with Gasteiger partial charge in [-0.15, -0.1) is 21.5 Å². The Kier molecular flexibility index (Phi) is 4.03. The second-order valence-corrected chi connectivity index (χ2v) is 7.46. The monoisotopic (exact) mass is 396 g/mol. The number of aryl methyl sites for hydroxylation is 1. The van der Waals surface area contributed by atoms with E-state index in [2.05, 4.69) is 10.2 Å². The first-order valence-corrected chi connectivity index (χ1v) is 9.33. The van der Waals surface area contributed by atoms with E-state index in [1.807, 2.05) is 11.4 Å². The van der Waals surface area contributed by atoms with Crippen LogP contribution in [0.1, 0.15) is 11.1 Å². The molecule has 0 N–H and O–H groups in total. The molecule has 0 aliphatic rings. The molecule has 0 aliphatic heterocycles. The molecule has 134 valence electrons. The number of thioether (sulfide) groups is 1. The summed E-state index contributed by atoms with van der Waals surface area (Å²) in [6.45, 7) is 0. The third-order valence-electron chi connectivity index (χ3n) is 3.92. The topological polar surface area (TPSA) is 52.2 Å². The lowest BCUT2D eigenvalue weighted by atomic mass is 10.1. The van der Waals surface area contributed by atoms with Crippen molar-refractivity contribution in [3.8, 4) is 0 Å². The molecular weight excluding hydrogens is 385 g/mol. The smallest absolute Gasteiger partial charge is 0.279 e. The molecule has 0 bridgehead atoms. The van der Waals surface area contributed by atoms with E-state index >= 15 is 0 Å². The van der Waals surface area contributed by atoms with Crippen molar-refractivity contribution in [2.75, 3.05) is 0 Å². The van der Waals surface area contributed by atoms with E-state index in [-0.39, 0.29) is 5.56 Å². The van der Waals surface area contributed by atoms with Crippen LogP contribution in [0.2, 0.25) is 0 Å². The zero-order valence-corrected chi connectivity index (χ0v) is 15.0. The Bertz CT molecular complexity index is 1180. The normalized spacial score (nSPS) is 12.3. The van der Waals surface area contributed by atoms with Gasteiger partial charge in [-0.05, 0) is 23.1 Å². The fraction of sp³-hybridized carbons (Fsp3) is 0.188. The van der Waals surface area contributed by atoms with Gasteiger partial charge in [0.1, 0.15) is 4.70 Å². The lowest BCUT2D eigenvalue weighted by molar-refractivity contribution is -0.137. The van der Waals surface area contributed by atoms with Crippen LogP contribution in [0.25, 0.3) is 16.0 Å². The van der Waals surface area contributed by atoms with Crippen molar-refractivity contribution in [1.82, 2.24) is 19.2 Å². The SMILES string of the molecule is Cn1c(=O)c2sccc2n2c(SCc3cccc(C(F)(F)F)c3)nnc12. The van der Waals surface area contributed by atoms with E-state index in [9.17, 15) is 18.0 Å². The molecule has 0 radical (unpaired) electrons. The van der Waals surface area contributed by atoms with Gasteiger partial charge in [-0.2, -0.15) is 13.2 Å². The average molecular weight is 396 g/mol. The zero-order valence-electron chi connectivity index (χ0n) is 13.3. The highest BCUT2D eigenvalue weighted by atomic mass is 32.2. The van der Waals surface area contributed by atoms with Gasteiger partial charge in [0.05, 0.1) is 11.1 Å². The minimum absolute atomic E-state index is 0.149. The van der Waals surface area contributed by atoms with Crippen molar-refractivity contribution in [2.24, 2.45) is 7.05 Å². The summed E-state index contributed by atoms with van der Waals surface area (Å²) in [5.41, 5.74) is 0.409. The molecule has 3 aromatic heterocycles. The molecule has 0 fully saturated rings. The quantitative estimate of drug-likeness (QED) is 0.492. The average Bonchev–Trinajstić information content (AvgIpc) is 3.24. The van der Waals surface area contributed by atoms with Crippen LogP contribution in [0, 0.1) is 0 Å². The summed E-state index contributed by atoms with van der Waals surface area (Å²) in [5, 5.41) is 10.5. The molecule has 4 rings (SSSR count). The molecule has 0 aliphatic carbocycles. The highest BCUT2D eigenvalue weighted by Crippen LogP contribution is 2.31. The predicted octanol–water partition coefficient (Wildman–Crippen LogP) is 3.95. The van der Waals surface area contributed by atoms with E-state index < -0.39 is 11.7 Å². The Morgan fingerprint density at radius 1 is 1.23 bits per heavy atom.